The molecule has 18 heteroatoms. The maximum Gasteiger partial charge on any atom is 0.516 e. The van der Waals surface area contributed by atoms with Gasteiger partial charge in [-0.2, -0.15) is 10.2 Å². The Kier molecular flexibility index (Phi) is 11.4. The normalized spacial score (nSPS) is 14.3. The van der Waals surface area contributed by atoms with Crippen LogP contribution >= 0.6 is 11.6 Å². The predicted octanol–water partition coefficient (Wildman–Crippen LogP) is 6.55. The van der Waals surface area contributed by atoms with Gasteiger partial charge in [0.15, 0.2) is 11.3 Å². The van der Waals surface area contributed by atoms with Gasteiger partial charge in [0.1, 0.15) is 33.8 Å². The van der Waals surface area contributed by atoms with E-state index in [1.165, 1.54) is 22.6 Å². The van der Waals surface area contributed by atoms with Gasteiger partial charge in [-0.3, -0.25) is 18.4 Å². The van der Waals surface area contributed by atoms with Gasteiger partial charge in [-0.15, -0.1) is 0 Å². The van der Waals surface area contributed by atoms with E-state index in [2.05, 4.69) is 30.1 Å². The van der Waals surface area contributed by atoms with Crippen LogP contribution in [0, 0.1) is 53.2 Å². The molecule has 8 aromatic rings. The summed E-state index contributed by atoms with van der Waals surface area (Å²) in [6.07, 6.45) is 5.97. The Labute approximate surface area is 343 Å². The lowest BCUT2D eigenvalue weighted by Crippen LogP contribution is -2.41. The molecule has 0 aliphatic carbocycles. The molecule has 0 N–H and O–H groups in total. The molecule has 0 spiro atoms. The predicted molar refractivity (Wildman–Crippen MR) is 224 cm³/mol. The van der Waals surface area contributed by atoms with Crippen molar-refractivity contribution in [2.24, 2.45) is 0 Å². The third-order valence-electron chi connectivity index (χ3n) is 10.0. The molecule has 0 saturated carbocycles. The smallest absolute Gasteiger partial charge is 0.398 e. The average molecular weight is 825 g/mol. The fraction of sp³-hybridized carbons (Fsp3) is 0.317. The molecule has 14 nitrogen and oxygen atoms in total. The summed E-state index contributed by atoms with van der Waals surface area (Å²) in [6, 6.07) is 9.00. The SMILES string of the molecule is C.Cc1cc(F)cn2c(=O)cc(Cl)nc12.Cc1cn2nc(-c3cc(=O)n4cc(F)cc(C)c4n3)cc(C)c2n1.Cc1cn2nc(B3OC(C)(C)C(C)(C)O3)cc(C)c2n1. The van der Waals surface area contributed by atoms with Crippen LogP contribution in [0.15, 0.2) is 70.8 Å². The largest absolute Gasteiger partial charge is 0.516 e. The van der Waals surface area contributed by atoms with Gasteiger partial charge in [-0.25, -0.2) is 37.7 Å². The molecule has 0 aromatic carbocycles. The molecule has 59 heavy (non-hydrogen) atoms. The van der Waals surface area contributed by atoms with Gasteiger partial charge in [0.05, 0.1) is 46.3 Å². The van der Waals surface area contributed by atoms with Gasteiger partial charge in [-0.1, -0.05) is 19.0 Å². The van der Waals surface area contributed by atoms with E-state index in [9.17, 15) is 18.4 Å². The van der Waals surface area contributed by atoms with Crippen LogP contribution in [0.2, 0.25) is 5.15 Å². The van der Waals surface area contributed by atoms with Crippen molar-refractivity contribution in [3.63, 3.8) is 0 Å². The second-order valence-corrected chi connectivity index (χ2v) is 15.7. The molecule has 1 fully saturated rings. The minimum Gasteiger partial charge on any atom is -0.398 e. The summed E-state index contributed by atoms with van der Waals surface area (Å²) in [7, 11) is -0.439. The molecule has 0 bridgehead atoms. The second kappa shape index (κ2) is 15.7. The lowest BCUT2D eigenvalue weighted by molar-refractivity contribution is 0.00578. The molecule has 0 radical (unpaired) electrons. The molecule has 9 heterocycles. The summed E-state index contributed by atoms with van der Waals surface area (Å²) in [5.41, 5.74) is 7.78. The molecule has 0 unspecified atom stereocenters. The maximum absolute atomic E-state index is 13.5. The summed E-state index contributed by atoms with van der Waals surface area (Å²) in [5, 5.41) is 9.18. The van der Waals surface area contributed by atoms with Crippen molar-refractivity contribution in [1.82, 2.24) is 48.0 Å². The highest BCUT2D eigenvalue weighted by Crippen LogP contribution is 2.36. The van der Waals surface area contributed by atoms with Gasteiger partial charge in [-0.05, 0) is 116 Å². The van der Waals surface area contributed by atoms with Crippen LogP contribution in [0.3, 0.4) is 0 Å². The molecule has 1 aliphatic rings. The van der Waals surface area contributed by atoms with Gasteiger partial charge < -0.3 is 9.31 Å². The minimum absolute atomic E-state index is 0. The lowest BCUT2D eigenvalue weighted by Gasteiger charge is -2.32. The maximum atomic E-state index is 13.5. The van der Waals surface area contributed by atoms with Crippen molar-refractivity contribution < 1.29 is 18.1 Å². The van der Waals surface area contributed by atoms with Gasteiger partial charge in [0.25, 0.3) is 11.1 Å². The topological polar surface area (TPSA) is 148 Å². The van der Waals surface area contributed by atoms with E-state index in [4.69, 9.17) is 20.9 Å². The second-order valence-electron chi connectivity index (χ2n) is 15.3. The Bertz CT molecular complexity index is 3040. The third kappa shape index (κ3) is 8.35. The summed E-state index contributed by atoms with van der Waals surface area (Å²) in [6.45, 7) is 19.4. The van der Waals surface area contributed by atoms with Gasteiger partial charge in [0.2, 0.25) is 0 Å². The van der Waals surface area contributed by atoms with Crippen molar-refractivity contribution in [2.45, 2.75) is 87.9 Å². The Hall–Kier alpha value is -5.91. The first-order valence-electron chi connectivity index (χ1n) is 18.3. The average Bonchev–Trinajstić information content (AvgIpc) is 3.77. The number of aryl methyl sites for hydroxylation is 6. The van der Waals surface area contributed by atoms with Crippen LogP contribution < -0.4 is 16.7 Å². The molecule has 9 rings (SSSR count). The van der Waals surface area contributed by atoms with E-state index in [1.54, 1.807) is 22.9 Å². The van der Waals surface area contributed by atoms with Crippen molar-refractivity contribution >= 4 is 46.9 Å². The molecular weight excluding hydrogens is 781 g/mol. The number of nitrogens with zero attached hydrogens (tertiary/aromatic N) is 10. The molecule has 306 valence electrons. The molecular formula is C41H44BClF2N10O4. The highest BCUT2D eigenvalue weighted by molar-refractivity contribution is 6.61. The highest BCUT2D eigenvalue weighted by atomic mass is 35.5. The number of hydrogen-bond donors (Lipinski definition) is 0. The zero-order chi connectivity index (χ0) is 42.0. The van der Waals surface area contributed by atoms with E-state index >= 15 is 0 Å². The molecule has 0 amide bonds. The zero-order valence-corrected chi connectivity index (χ0v) is 34.3. The van der Waals surface area contributed by atoms with Crippen molar-refractivity contribution in [3.05, 3.63) is 132 Å². The number of imidazole rings is 2. The van der Waals surface area contributed by atoms with E-state index < -0.39 is 18.8 Å². The summed E-state index contributed by atoms with van der Waals surface area (Å²) in [5.74, 6) is -0.942. The minimum atomic E-state index is -0.471. The molecule has 8 aromatic heterocycles. The third-order valence-corrected chi connectivity index (χ3v) is 10.2. The zero-order valence-electron chi connectivity index (χ0n) is 33.6. The number of pyridine rings is 2. The standard InChI is InChI=1S/C17H14FN5O.C14H20BN3O2.C9H6ClFN2O.CH4/c1-9-4-12(18)8-22-15(24)6-13(20-16(9)22)14-5-10(2)17-19-11(3)7-23(17)21-14;1-9-7-11(17-18-8-10(2)16-12(9)18)15-19-13(3,4)14(5,6)20-15;1-5-2-6(11)4-13-8(14)3-7(10)12-9(5)13;/h4-8H,1-3H3;7-8H,1-6H3;2-4H,1H3;1H4. The van der Waals surface area contributed by atoms with Crippen LogP contribution in [0.5, 0.6) is 0 Å². The number of hydrogen-bond acceptors (Lipinski definition) is 10. The van der Waals surface area contributed by atoms with Crippen molar-refractivity contribution in [2.75, 3.05) is 0 Å². The first kappa shape index (κ1) is 42.7. The fourth-order valence-electron chi connectivity index (χ4n) is 6.47. The monoisotopic (exact) mass is 824 g/mol. The Morgan fingerprint density at radius 1 is 0.576 bits per heavy atom. The van der Waals surface area contributed by atoms with Gasteiger partial charge in [0, 0.05) is 24.5 Å². The molecule has 1 aliphatic heterocycles. The Morgan fingerprint density at radius 2 is 1.03 bits per heavy atom. The van der Waals surface area contributed by atoms with Crippen LogP contribution in [-0.4, -0.2) is 66.3 Å². The first-order valence-corrected chi connectivity index (χ1v) is 18.7. The van der Waals surface area contributed by atoms with Gasteiger partial charge >= 0.3 is 7.12 Å². The lowest BCUT2D eigenvalue weighted by atomic mass is 9.84. The molecule has 1 saturated heterocycles. The Morgan fingerprint density at radius 3 is 1.58 bits per heavy atom. The fourth-order valence-corrected chi connectivity index (χ4v) is 6.65. The number of aromatic nitrogens is 10. The quantitative estimate of drug-likeness (QED) is 0.139. The first-order chi connectivity index (χ1) is 27.2. The van der Waals surface area contributed by atoms with Crippen LogP contribution in [0.1, 0.15) is 68.8 Å². The summed E-state index contributed by atoms with van der Waals surface area (Å²) < 4.78 is 44.4. The van der Waals surface area contributed by atoms with Crippen LogP contribution in [0.25, 0.3) is 34.0 Å². The number of rotatable bonds is 2. The van der Waals surface area contributed by atoms with E-state index in [0.29, 0.717) is 33.8 Å². The number of halogens is 3. The highest BCUT2D eigenvalue weighted by Gasteiger charge is 2.52. The summed E-state index contributed by atoms with van der Waals surface area (Å²) in [4.78, 5) is 41.0. The Balaban J connectivity index is 0.000000153. The van der Waals surface area contributed by atoms with E-state index in [0.717, 1.165) is 62.3 Å². The van der Waals surface area contributed by atoms with E-state index in [1.807, 2.05) is 79.9 Å². The summed E-state index contributed by atoms with van der Waals surface area (Å²) >= 11 is 5.62. The van der Waals surface area contributed by atoms with Crippen molar-refractivity contribution in [1.29, 1.82) is 0 Å². The van der Waals surface area contributed by atoms with E-state index in [-0.39, 0.29) is 34.9 Å². The number of fused-ring (bicyclic) bond motifs is 4. The molecule has 0 atom stereocenters. The van der Waals surface area contributed by atoms with Crippen LogP contribution in [-0.2, 0) is 9.31 Å². The van der Waals surface area contributed by atoms with Crippen LogP contribution in [0.4, 0.5) is 8.78 Å². The van der Waals surface area contributed by atoms with Crippen molar-refractivity contribution in [3.8, 4) is 11.4 Å².